The Kier molecular flexibility index (Phi) is 3.97. The van der Waals surface area contributed by atoms with Gasteiger partial charge in [0.2, 0.25) is 5.91 Å². The third-order valence-electron chi connectivity index (χ3n) is 3.49. The van der Waals surface area contributed by atoms with Crippen LogP contribution < -0.4 is 10.6 Å². The number of carbonyl (C=O) groups excluding carboxylic acids is 1. The van der Waals surface area contributed by atoms with Crippen LogP contribution in [-0.2, 0) is 11.3 Å². The fourth-order valence-electron chi connectivity index (χ4n) is 2.23. The lowest BCUT2D eigenvalue weighted by Gasteiger charge is -2.33. The SMILES string of the molecule is CC1(C(=O)NCc2ccc(F)cc2)CCCCN1. The smallest absolute Gasteiger partial charge is 0.240 e. The Balaban J connectivity index is 1.89. The first-order valence-corrected chi connectivity index (χ1v) is 6.38. The average molecular weight is 250 g/mol. The van der Waals surface area contributed by atoms with Crippen molar-refractivity contribution >= 4 is 5.91 Å². The molecule has 0 bridgehead atoms. The van der Waals surface area contributed by atoms with Crippen molar-refractivity contribution in [1.29, 1.82) is 0 Å². The first-order chi connectivity index (χ1) is 8.60. The van der Waals surface area contributed by atoms with Gasteiger partial charge < -0.3 is 10.6 Å². The maximum atomic E-state index is 12.7. The summed E-state index contributed by atoms with van der Waals surface area (Å²) in [5.41, 5.74) is 0.447. The van der Waals surface area contributed by atoms with E-state index < -0.39 is 5.54 Å². The molecule has 1 aromatic rings. The van der Waals surface area contributed by atoms with Crippen LogP contribution in [0.5, 0.6) is 0 Å². The highest BCUT2D eigenvalue weighted by atomic mass is 19.1. The normalized spacial score (nSPS) is 23.7. The van der Waals surface area contributed by atoms with Gasteiger partial charge in [-0.05, 0) is 50.4 Å². The molecule has 1 aliphatic heterocycles. The summed E-state index contributed by atoms with van der Waals surface area (Å²) in [4.78, 5) is 12.1. The zero-order valence-electron chi connectivity index (χ0n) is 10.6. The summed E-state index contributed by atoms with van der Waals surface area (Å²) in [5, 5.41) is 6.17. The molecule has 3 nitrogen and oxygen atoms in total. The second kappa shape index (κ2) is 5.48. The topological polar surface area (TPSA) is 41.1 Å². The summed E-state index contributed by atoms with van der Waals surface area (Å²) >= 11 is 0. The summed E-state index contributed by atoms with van der Waals surface area (Å²) in [5.74, 6) is -0.238. The van der Waals surface area contributed by atoms with Crippen LogP contribution in [0.3, 0.4) is 0 Å². The minimum atomic E-state index is -0.460. The van der Waals surface area contributed by atoms with E-state index in [2.05, 4.69) is 10.6 Å². The van der Waals surface area contributed by atoms with Crippen molar-refractivity contribution in [3.8, 4) is 0 Å². The van der Waals surface area contributed by atoms with Crippen molar-refractivity contribution in [2.75, 3.05) is 6.54 Å². The fraction of sp³-hybridized carbons (Fsp3) is 0.500. The van der Waals surface area contributed by atoms with Crippen LogP contribution in [0.4, 0.5) is 4.39 Å². The molecule has 2 N–H and O–H groups in total. The highest BCUT2D eigenvalue weighted by Crippen LogP contribution is 2.18. The quantitative estimate of drug-likeness (QED) is 0.861. The second-order valence-electron chi connectivity index (χ2n) is 5.03. The largest absolute Gasteiger partial charge is 0.350 e. The number of hydrogen-bond acceptors (Lipinski definition) is 2. The first-order valence-electron chi connectivity index (χ1n) is 6.38. The number of hydrogen-bond donors (Lipinski definition) is 2. The molecule has 18 heavy (non-hydrogen) atoms. The van der Waals surface area contributed by atoms with Gasteiger partial charge >= 0.3 is 0 Å². The standard InChI is InChI=1S/C14H19FN2O/c1-14(8-2-3-9-17-14)13(18)16-10-11-4-6-12(15)7-5-11/h4-7,17H,2-3,8-10H2,1H3,(H,16,18). The Labute approximate surface area is 107 Å². The van der Waals surface area contributed by atoms with Crippen molar-refractivity contribution in [1.82, 2.24) is 10.6 Å². The van der Waals surface area contributed by atoms with E-state index >= 15 is 0 Å². The number of piperidine rings is 1. The highest BCUT2D eigenvalue weighted by molar-refractivity contribution is 5.85. The van der Waals surface area contributed by atoms with Crippen LogP contribution in [0.15, 0.2) is 24.3 Å². The molecule has 98 valence electrons. The Morgan fingerprint density at radius 3 is 2.72 bits per heavy atom. The molecule has 1 unspecified atom stereocenters. The molecule has 0 saturated carbocycles. The van der Waals surface area contributed by atoms with Crippen molar-refractivity contribution in [3.63, 3.8) is 0 Å². The molecule has 1 fully saturated rings. The number of carbonyl (C=O) groups is 1. The summed E-state index contributed by atoms with van der Waals surface area (Å²) in [6.45, 7) is 3.27. The Hall–Kier alpha value is -1.42. The van der Waals surface area contributed by atoms with Crippen LogP contribution in [0.25, 0.3) is 0 Å². The van der Waals surface area contributed by atoms with Crippen molar-refractivity contribution in [2.24, 2.45) is 0 Å². The monoisotopic (exact) mass is 250 g/mol. The molecule has 1 aromatic carbocycles. The van der Waals surface area contributed by atoms with Gasteiger partial charge in [0.25, 0.3) is 0 Å². The zero-order valence-corrected chi connectivity index (χ0v) is 10.6. The van der Waals surface area contributed by atoms with E-state index in [1.54, 1.807) is 12.1 Å². The molecule has 0 radical (unpaired) electrons. The lowest BCUT2D eigenvalue weighted by atomic mass is 9.90. The molecule has 4 heteroatoms. The third-order valence-corrected chi connectivity index (χ3v) is 3.49. The Morgan fingerprint density at radius 2 is 2.11 bits per heavy atom. The van der Waals surface area contributed by atoms with Crippen LogP contribution in [0.2, 0.25) is 0 Å². The number of nitrogens with one attached hydrogen (secondary N) is 2. The fourth-order valence-corrected chi connectivity index (χ4v) is 2.23. The van der Waals surface area contributed by atoms with Gasteiger partial charge in [0, 0.05) is 6.54 Å². The molecule has 0 spiro atoms. The van der Waals surface area contributed by atoms with Gasteiger partial charge in [-0.15, -0.1) is 0 Å². The van der Waals surface area contributed by atoms with E-state index in [4.69, 9.17) is 0 Å². The molecule has 1 saturated heterocycles. The van der Waals surface area contributed by atoms with Gasteiger partial charge in [-0.3, -0.25) is 4.79 Å². The highest BCUT2D eigenvalue weighted by Gasteiger charge is 2.33. The predicted octanol–water partition coefficient (Wildman–Crippen LogP) is 1.97. The molecular weight excluding hydrogens is 231 g/mol. The number of benzene rings is 1. The summed E-state index contributed by atoms with van der Waals surface area (Å²) in [6.07, 6.45) is 3.07. The maximum absolute atomic E-state index is 12.7. The second-order valence-corrected chi connectivity index (χ2v) is 5.03. The molecule has 1 amide bonds. The molecule has 1 aliphatic rings. The molecular formula is C14H19FN2O. The Bertz CT molecular complexity index is 410. The van der Waals surface area contributed by atoms with E-state index in [0.717, 1.165) is 31.4 Å². The van der Waals surface area contributed by atoms with Gasteiger partial charge in [0.15, 0.2) is 0 Å². The van der Waals surface area contributed by atoms with Gasteiger partial charge in [0.1, 0.15) is 5.82 Å². The minimum Gasteiger partial charge on any atom is -0.350 e. The van der Waals surface area contributed by atoms with E-state index in [9.17, 15) is 9.18 Å². The van der Waals surface area contributed by atoms with E-state index in [-0.39, 0.29) is 11.7 Å². The molecule has 1 atom stereocenters. The van der Waals surface area contributed by atoms with Gasteiger partial charge in [-0.25, -0.2) is 4.39 Å². The van der Waals surface area contributed by atoms with Crippen molar-refractivity contribution in [3.05, 3.63) is 35.6 Å². The van der Waals surface area contributed by atoms with E-state index in [1.807, 2.05) is 6.92 Å². The average Bonchev–Trinajstić information content (AvgIpc) is 2.38. The van der Waals surface area contributed by atoms with Crippen LogP contribution in [-0.4, -0.2) is 18.0 Å². The van der Waals surface area contributed by atoms with Crippen molar-refractivity contribution in [2.45, 2.75) is 38.3 Å². The van der Waals surface area contributed by atoms with Crippen LogP contribution >= 0.6 is 0 Å². The van der Waals surface area contributed by atoms with E-state index in [1.165, 1.54) is 12.1 Å². The number of halogens is 1. The van der Waals surface area contributed by atoms with Gasteiger partial charge in [-0.2, -0.15) is 0 Å². The van der Waals surface area contributed by atoms with Gasteiger partial charge in [0.05, 0.1) is 5.54 Å². The molecule has 0 aliphatic carbocycles. The van der Waals surface area contributed by atoms with Gasteiger partial charge in [-0.1, -0.05) is 12.1 Å². The third kappa shape index (κ3) is 3.07. The predicted molar refractivity (Wildman–Crippen MR) is 68.5 cm³/mol. The van der Waals surface area contributed by atoms with Crippen molar-refractivity contribution < 1.29 is 9.18 Å². The summed E-state index contributed by atoms with van der Waals surface area (Å²) in [7, 11) is 0. The van der Waals surface area contributed by atoms with Crippen LogP contribution in [0.1, 0.15) is 31.7 Å². The number of amides is 1. The molecule has 0 aromatic heterocycles. The number of rotatable bonds is 3. The lowest BCUT2D eigenvalue weighted by molar-refractivity contribution is -0.128. The minimum absolute atomic E-state index is 0.0199. The zero-order chi connectivity index (χ0) is 13.0. The maximum Gasteiger partial charge on any atom is 0.240 e. The Morgan fingerprint density at radius 1 is 1.39 bits per heavy atom. The summed E-state index contributed by atoms with van der Waals surface area (Å²) in [6, 6.07) is 6.18. The van der Waals surface area contributed by atoms with E-state index in [0.29, 0.717) is 6.54 Å². The van der Waals surface area contributed by atoms with Crippen LogP contribution in [0, 0.1) is 5.82 Å². The molecule has 2 rings (SSSR count). The first kappa shape index (κ1) is 13.0. The summed E-state index contributed by atoms with van der Waals surface area (Å²) < 4.78 is 12.7. The lowest BCUT2D eigenvalue weighted by Crippen LogP contribution is -2.56. The molecule has 1 heterocycles.